The average Bonchev–Trinajstić information content (AvgIpc) is 3.01. The van der Waals surface area contributed by atoms with Gasteiger partial charge in [0.1, 0.15) is 0 Å². The Morgan fingerprint density at radius 1 is 1.30 bits per heavy atom. The fourth-order valence-corrected chi connectivity index (χ4v) is 2.86. The normalized spacial score (nSPS) is 21.6. The van der Waals surface area contributed by atoms with E-state index < -0.39 is 0 Å². The van der Waals surface area contributed by atoms with Gasteiger partial charge in [0, 0.05) is 43.4 Å². The molecule has 1 atom stereocenters. The van der Waals surface area contributed by atoms with E-state index in [0.717, 1.165) is 39.0 Å². The number of carbonyl (C=O) groups excluding carboxylic acids is 1. The van der Waals surface area contributed by atoms with E-state index in [1.165, 1.54) is 0 Å². The lowest BCUT2D eigenvalue weighted by atomic mass is 9.96. The minimum atomic E-state index is -0.131. The van der Waals surface area contributed by atoms with Gasteiger partial charge in [0.25, 0.3) is 0 Å². The highest BCUT2D eigenvalue weighted by Gasteiger charge is 2.34. The van der Waals surface area contributed by atoms with Crippen LogP contribution in [0.4, 0.5) is 0 Å². The molecule has 3 rings (SSSR count). The Morgan fingerprint density at radius 2 is 2.09 bits per heavy atom. The molecule has 6 nitrogen and oxygen atoms in total. The van der Waals surface area contributed by atoms with E-state index >= 15 is 0 Å². The second kappa shape index (κ2) is 6.59. The van der Waals surface area contributed by atoms with Crippen LogP contribution in [-0.4, -0.2) is 46.7 Å². The van der Waals surface area contributed by atoms with Gasteiger partial charge in [-0.2, -0.15) is 4.98 Å². The van der Waals surface area contributed by atoms with Crippen molar-refractivity contribution in [1.29, 1.82) is 0 Å². The average molecular weight is 321 g/mol. The third-order valence-corrected chi connectivity index (χ3v) is 4.48. The van der Waals surface area contributed by atoms with Gasteiger partial charge in [-0.05, 0) is 19.3 Å². The topological polar surface area (TPSA) is 68.5 Å². The maximum absolute atomic E-state index is 12.6. The standard InChI is InChI=1S/C17H27N3O3/c1-17(2,3)16-18-14(23-19-16)6-7-15(21)20(13-4-5-13)10-12-8-9-22-11-12/h12-13H,4-11H2,1-3H3/t12-/m1/s1. The van der Waals surface area contributed by atoms with Crippen LogP contribution in [0, 0.1) is 5.92 Å². The molecule has 2 fully saturated rings. The van der Waals surface area contributed by atoms with Crippen LogP contribution in [0.1, 0.15) is 58.2 Å². The highest BCUT2D eigenvalue weighted by molar-refractivity contribution is 5.77. The fourth-order valence-electron chi connectivity index (χ4n) is 2.86. The molecule has 1 aliphatic carbocycles. The molecule has 0 spiro atoms. The Hall–Kier alpha value is -1.43. The summed E-state index contributed by atoms with van der Waals surface area (Å²) in [6, 6.07) is 0.441. The summed E-state index contributed by atoms with van der Waals surface area (Å²) in [6.45, 7) is 8.59. The SMILES string of the molecule is CC(C)(C)c1noc(CCC(=O)N(C[C@H]2CCOC2)C2CC2)n1. The molecular weight excluding hydrogens is 294 g/mol. The summed E-state index contributed by atoms with van der Waals surface area (Å²) >= 11 is 0. The van der Waals surface area contributed by atoms with E-state index in [2.05, 4.69) is 15.0 Å². The number of aryl methyl sites for hydroxylation is 1. The van der Waals surface area contributed by atoms with Crippen LogP contribution in [0.15, 0.2) is 4.52 Å². The van der Waals surface area contributed by atoms with Gasteiger partial charge < -0.3 is 14.2 Å². The van der Waals surface area contributed by atoms with E-state index in [0.29, 0.717) is 36.5 Å². The van der Waals surface area contributed by atoms with Crippen molar-refractivity contribution < 1.29 is 14.1 Å². The van der Waals surface area contributed by atoms with Crippen LogP contribution >= 0.6 is 0 Å². The summed E-state index contributed by atoms with van der Waals surface area (Å²) in [5, 5.41) is 4.01. The van der Waals surface area contributed by atoms with Crippen LogP contribution in [0.5, 0.6) is 0 Å². The lowest BCUT2D eigenvalue weighted by molar-refractivity contribution is -0.132. The zero-order chi connectivity index (χ0) is 16.4. The summed E-state index contributed by atoms with van der Waals surface area (Å²) in [4.78, 5) is 19.0. The molecule has 1 saturated heterocycles. The number of rotatable bonds is 6. The first-order valence-electron chi connectivity index (χ1n) is 8.64. The van der Waals surface area contributed by atoms with Crippen LogP contribution in [0.25, 0.3) is 0 Å². The van der Waals surface area contributed by atoms with Crippen LogP contribution < -0.4 is 0 Å². The van der Waals surface area contributed by atoms with Gasteiger partial charge in [-0.15, -0.1) is 0 Å². The minimum absolute atomic E-state index is 0.131. The Kier molecular flexibility index (Phi) is 4.71. The van der Waals surface area contributed by atoms with Gasteiger partial charge in [-0.1, -0.05) is 25.9 Å². The largest absolute Gasteiger partial charge is 0.381 e. The molecule has 128 valence electrons. The van der Waals surface area contributed by atoms with Crippen LogP contribution in [0.3, 0.4) is 0 Å². The lowest BCUT2D eigenvalue weighted by Gasteiger charge is -2.25. The highest BCUT2D eigenvalue weighted by atomic mass is 16.5. The van der Waals surface area contributed by atoms with Crippen LogP contribution in [0.2, 0.25) is 0 Å². The molecule has 6 heteroatoms. The first kappa shape index (κ1) is 16.4. The zero-order valence-corrected chi connectivity index (χ0v) is 14.4. The highest BCUT2D eigenvalue weighted by Crippen LogP contribution is 2.29. The molecule has 0 unspecified atom stereocenters. The molecule has 2 aliphatic rings. The van der Waals surface area contributed by atoms with Crippen molar-refractivity contribution in [2.24, 2.45) is 5.92 Å². The number of nitrogens with zero attached hydrogens (tertiary/aromatic N) is 3. The Bertz CT molecular complexity index is 540. The predicted octanol–water partition coefficient (Wildman–Crippen LogP) is 2.33. The van der Waals surface area contributed by atoms with E-state index in [9.17, 15) is 4.79 Å². The number of ether oxygens (including phenoxy) is 1. The molecule has 1 aromatic rings. The number of amides is 1. The van der Waals surface area contributed by atoms with Crippen molar-refractivity contribution in [2.75, 3.05) is 19.8 Å². The molecule has 1 aliphatic heterocycles. The molecular formula is C17H27N3O3. The van der Waals surface area contributed by atoms with Gasteiger partial charge in [0.15, 0.2) is 5.82 Å². The minimum Gasteiger partial charge on any atom is -0.381 e. The Balaban J connectivity index is 1.53. The Labute approximate surface area is 137 Å². The zero-order valence-electron chi connectivity index (χ0n) is 14.4. The molecule has 0 radical (unpaired) electrons. The van der Waals surface area contributed by atoms with Crippen molar-refractivity contribution in [1.82, 2.24) is 15.0 Å². The third kappa shape index (κ3) is 4.31. The van der Waals surface area contributed by atoms with E-state index in [1.807, 2.05) is 20.8 Å². The van der Waals surface area contributed by atoms with Crippen LogP contribution in [-0.2, 0) is 21.4 Å². The van der Waals surface area contributed by atoms with Crippen molar-refractivity contribution in [3.05, 3.63) is 11.7 Å². The van der Waals surface area contributed by atoms with Gasteiger partial charge >= 0.3 is 0 Å². The molecule has 23 heavy (non-hydrogen) atoms. The second-order valence-electron chi connectivity index (χ2n) is 7.77. The third-order valence-electron chi connectivity index (χ3n) is 4.48. The van der Waals surface area contributed by atoms with Gasteiger partial charge in [0.2, 0.25) is 11.8 Å². The summed E-state index contributed by atoms with van der Waals surface area (Å²) in [5.41, 5.74) is -0.131. The summed E-state index contributed by atoms with van der Waals surface area (Å²) in [7, 11) is 0. The second-order valence-corrected chi connectivity index (χ2v) is 7.77. The summed E-state index contributed by atoms with van der Waals surface area (Å²) in [5.74, 6) is 1.95. The van der Waals surface area contributed by atoms with Crippen molar-refractivity contribution in [2.45, 2.75) is 64.3 Å². The molecule has 1 aromatic heterocycles. The number of hydrogen-bond donors (Lipinski definition) is 0. The molecule has 0 N–H and O–H groups in total. The quantitative estimate of drug-likeness (QED) is 0.804. The van der Waals surface area contributed by atoms with E-state index in [4.69, 9.17) is 9.26 Å². The van der Waals surface area contributed by atoms with E-state index in [1.54, 1.807) is 0 Å². The molecule has 0 aromatic carbocycles. The first-order valence-corrected chi connectivity index (χ1v) is 8.64. The van der Waals surface area contributed by atoms with Gasteiger partial charge in [-0.3, -0.25) is 4.79 Å². The van der Waals surface area contributed by atoms with Gasteiger partial charge in [-0.25, -0.2) is 0 Å². The van der Waals surface area contributed by atoms with Gasteiger partial charge in [0.05, 0.1) is 6.61 Å². The number of aromatic nitrogens is 2. The Morgan fingerprint density at radius 3 is 2.65 bits per heavy atom. The predicted molar refractivity (Wildman–Crippen MR) is 85.0 cm³/mol. The van der Waals surface area contributed by atoms with E-state index in [-0.39, 0.29) is 11.3 Å². The first-order chi connectivity index (χ1) is 10.9. The maximum Gasteiger partial charge on any atom is 0.227 e. The fraction of sp³-hybridized carbons (Fsp3) is 0.824. The van der Waals surface area contributed by atoms with Crippen molar-refractivity contribution in [3.63, 3.8) is 0 Å². The summed E-state index contributed by atoms with van der Waals surface area (Å²) < 4.78 is 10.7. The monoisotopic (exact) mass is 321 g/mol. The smallest absolute Gasteiger partial charge is 0.227 e. The molecule has 0 bridgehead atoms. The molecule has 1 saturated carbocycles. The number of hydrogen-bond acceptors (Lipinski definition) is 5. The molecule has 2 heterocycles. The van der Waals surface area contributed by atoms with Crippen molar-refractivity contribution in [3.8, 4) is 0 Å². The summed E-state index contributed by atoms with van der Waals surface area (Å²) in [6.07, 6.45) is 4.29. The van der Waals surface area contributed by atoms with Crippen molar-refractivity contribution >= 4 is 5.91 Å². The lowest BCUT2D eigenvalue weighted by Crippen LogP contribution is -2.37. The number of carbonyl (C=O) groups is 1. The molecule has 1 amide bonds. The maximum atomic E-state index is 12.6.